The van der Waals surface area contributed by atoms with Crippen LogP contribution in [0.4, 0.5) is 14.9 Å². The summed E-state index contributed by atoms with van der Waals surface area (Å²) in [5, 5.41) is 28.8. The minimum atomic E-state index is -1.99. The summed E-state index contributed by atoms with van der Waals surface area (Å²) < 4.78 is 13.3. The topological polar surface area (TPSA) is 77.8 Å². The quantitative estimate of drug-likeness (QED) is 0.543. The minimum Gasteiger partial charge on any atom is -0.435 e. The number of carbonyl (C=O) groups is 1. The number of quaternary nitrogens is 1. The highest BCUT2D eigenvalue weighted by atomic mass is 19.1. The number of amides is 1. The first-order valence-corrected chi connectivity index (χ1v) is 6.14. The molecule has 1 aliphatic rings. The Kier molecular flexibility index (Phi) is 3.24. The molecule has 3 N–H and O–H groups in total. The van der Waals surface area contributed by atoms with Gasteiger partial charge < -0.3 is 15.2 Å². The van der Waals surface area contributed by atoms with Gasteiger partial charge in [0.2, 0.25) is 0 Å². The van der Waals surface area contributed by atoms with Gasteiger partial charge in [0, 0.05) is 11.6 Å². The number of nitrogens with zero attached hydrogens (tertiary/aromatic N) is 1. The van der Waals surface area contributed by atoms with E-state index in [-0.39, 0.29) is 11.3 Å². The molecular weight excluding hydrogens is 264 g/mol. The van der Waals surface area contributed by atoms with Gasteiger partial charge in [0.15, 0.2) is 17.1 Å². The molecule has 0 aliphatic carbocycles. The SMILES string of the molecule is CC(C)(C)[N+]1(C(=O)O)C(B(O)O)=Cc2cccc(F)c21. The molecule has 1 aromatic carbocycles. The van der Waals surface area contributed by atoms with Gasteiger partial charge in [-0.25, -0.2) is 4.39 Å². The lowest BCUT2D eigenvalue weighted by Crippen LogP contribution is -2.65. The smallest absolute Gasteiger partial charge is 0.435 e. The van der Waals surface area contributed by atoms with Crippen LogP contribution in [0.1, 0.15) is 26.3 Å². The molecule has 0 saturated heterocycles. The summed E-state index contributed by atoms with van der Waals surface area (Å²) in [4.78, 5) is 11.9. The lowest BCUT2D eigenvalue weighted by molar-refractivity contribution is 0.125. The number of para-hydroxylation sites is 1. The molecule has 1 amide bonds. The van der Waals surface area contributed by atoms with Crippen LogP contribution in [0.3, 0.4) is 0 Å². The molecule has 0 bridgehead atoms. The van der Waals surface area contributed by atoms with Crippen LogP contribution in [0.15, 0.2) is 23.8 Å². The molecule has 5 nitrogen and oxygen atoms in total. The van der Waals surface area contributed by atoms with Crippen LogP contribution in [0, 0.1) is 5.82 Å². The van der Waals surface area contributed by atoms with E-state index in [1.54, 1.807) is 26.8 Å². The van der Waals surface area contributed by atoms with Crippen molar-refractivity contribution in [2.75, 3.05) is 0 Å². The summed E-state index contributed by atoms with van der Waals surface area (Å²) in [6, 6.07) is 4.17. The van der Waals surface area contributed by atoms with Crippen LogP contribution < -0.4 is 4.48 Å². The van der Waals surface area contributed by atoms with Crippen LogP contribution in [0.25, 0.3) is 6.08 Å². The Morgan fingerprint density at radius 1 is 1.30 bits per heavy atom. The van der Waals surface area contributed by atoms with Crippen molar-refractivity contribution in [1.29, 1.82) is 0 Å². The lowest BCUT2D eigenvalue weighted by Gasteiger charge is -2.41. The van der Waals surface area contributed by atoms with Gasteiger partial charge in [-0.1, -0.05) is 6.07 Å². The second-order valence-corrected chi connectivity index (χ2v) is 5.74. The lowest BCUT2D eigenvalue weighted by atomic mass is 9.81. The number of fused-ring (bicyclic) bond motifs is 1. The standard InChI is InChI=1S/C13H15BFNO4/c1-13(2,3)16(12(17)18)10(14(19)20)7-8-5-4-6-9(15)11(8)16/h4-7,19-20H,1-3H3/p+1. The first-order valence-electron chi connectivity index (χ1n) is 6.14. The van der Waals surface area contributed by atoms with Gasteiger partial charge in [0.05, 0.1) is 0 Å². The predicted octanol–water partition coefficient (Wildman–Crippen LogP) is 1.98. The Morgan fingerprint density at radius 2 is 1.90 bits per heavy atom. The maximum atomic E-state index is 14.2. The van der Waals surface area contributed by atoms with Crippen molar-refractivity contribution in [3.05, 3.63) is 35.2 Å². The molecule has 1 aliphatic heterocycles. The molecule has 1 atom stereocenters. The molecule has 1 unspecified atom stereocenters. The molecule has 106 valence electrons. The van der Waals surface area contributed by atoms with Crippen LogP contribution in [-0.2, 0) is 0 Å². The fraction of sp³-hybridized carbons (Fsp3) is 0.308. The molecule has 1 aromatic rings. The Balaban J connectivity index is 2.90. The van der Waals surface area contributed by atoms with Gasteiger partial charge in [-0.3, -0.25) is 0 Å². The van der Waals surface area contributed by atoms with Crippen molar-refractivity contribution in [1.82, 2.24) is 4.48 Å². The molecule has 0 radical (unpaired) electrons. The highest BCUT2D eigenvalue weighted by Gasteiger charge is 2.61. The van der Waals surface area contributed by atoms with E-state index in [4.69, 9.17) is 0 Å². The van der Waals surface area contributed by atoms with Crippen molar-refractivity contribution in [3.63, 3.8) is 0 Å². The minimum absolute atomic E-state index is 0.0735. The maximum absolute atomic E-state index is 14.2. The number of hydrogen-bond acceptors (Lipinski definition) is 3. The summed E-state index contributed by atoms with van der Waals surface area (Å²) in [5.41, 5.74) is -0.916. The maximum Gasteiger partial charge on any atom is 0.549 e. The highest BCUT2D eigenvalue weighted by Crippen LogP contribution is 2.48. The van der Waals surface area contributed by atoms with Crippen molar-refractivity contribution in [2.24, 2.45) is 0 Å². The summed E-state index contributed by atoms with van der Waals surface area (Å²) in [6.07, 6.45) is -0.0386. The Morgan fingerprint density at radius 3 is 2.35 bits per heavy atom. The monoisotopic (exact) mass is 280 g/mol. The van der Waals surface area contributed by atoms with Crippen molar-refractivity contribution >= 4 is 25.0 Å². The molecule has 0 saturated carbocycles. The fourth-order valence-electron chi connectivity index (χ4n) is 2.85. The summed E-state index contributed by atoms with van der Waals surface area (Å²) in [6.45, 7) is 4.83. The summed E-state index contributed by atoms with van der Waals surface area (Å²) in [7, 11) is -1.99. The van der Waals surface area contributed by atoms with E-state index in [1.807, 2.05) is 0 Å². The van der Waals surface area contributed by atoms with Gasteiger partial charge in [0.1, 0.15) is 5.54 Å². The summed E-state index contributed by atoms with van der Waals surface area (Å²) >= 11 is 0. The molecule has 0 aromatic heterocycles. The zero-order valence-electron chi connectivity index (χ0n) is 11.5. The zero-order valence-corrected chi connectivity index (χ0v) is 11.5. The van der Waals surface area contributed by atoms with Crippen LogP contribution in [0.5, 0.6) is 0 Å². The van der Waals surface area contributed by atoms with E-state index in [0.29, 0.717) is 5.56 Å². The van der Waals surface area contributed by atoms with Crippen molar-refractivity contribution < 1.29 is 24.3 Å². The van der Waals surface area contributed by atoms with Crippen LogP contribution in [-0.4, -0.2) is 33.9 Å². The number of benzene rings is 1. The van der Waals surface area contributed by atoms with E-state index in [9.17, 15) is 24.3 Å². The fourth-order valence-corrected chi connectivity index (χ4v) is 2.85. The van der Waals surface area contributed by atoms with Gasteiger partial charge in [-0.15, -0.1) is 0 Å². The molecule has 1 heterocycles. The molecule has 0 fully saturated rings. The van der Waals surface area contributed by atoms with Crippen molar-refractivity contribution in [3.8, 4) is 0 Å². The van der Waals surface area contributed by atoms with E-state index in [2.05, 4.69) is 0 Å². The van der Waals surface area contributed by atoms with Gasteiger partial charge >= 0.3 is 13.2 Å². The van der Waals surface area contributed by atoms with Crippen molar-refractivity contribution in [2.45, 2.75) is 26.3 Å². The second kappa shape index (κ2) is 4.41. The number of halogens is 1. The third kappa shape index (κ3) is 1.71. The third-order valence-electron chi connectivity index (χ3n) is 3.60. The number of carboxylic acid groups (broad SMARTS) is 1. The van der Waals surface area contributed by atoms with Gasteiger partial charge in [0.25, 0.3) is 0 Å². The third-order valence-corrected chi connectivity index (χ3v) is 3.60. The van der Waals surface area contributed by atoms with E-state index in [0.717, 1.165) is 0 Å². The first-order chi connectivity index (χ1) is 9.14. The normalized spacial score (nSPS) is 21.4. The summed E-state index contributed by atoms with van der Waals surface area (Å²) in [5.74, 6) is -0.688. The van der Waals surface area contributed by atoms with Crippen LogP contribution >= 0.6 is 0 Å². The highest BCUT2D eigenvalue weighted by molar-refractivity contribution is 6.53. The predicted molar refractivity (Wildman–Crippen MR) is 74.1 cm³/mol. The van der Waals surface area contributed by atoms with E-state index >= 15 is 0 Å². The van der Waals surface area contributed by atoms with Crippen LogP contribution in [0.2, 0.25) is 0 Å². The second-order valence-electron chi connectivity index (χ2n) is 5.74. The largest absolute Gasteiger partial charge is 0.549 e. The molecular formula is C13H16BFNO4+. The average Bonchev–Trinajstić information content (AvgIpc) is 2.65. The number of rotatable bonds is 1. The molecule has 2 rings (SSSR count). The molecule has 7 heteroatoms. The first kappa shape index (κ1) is 14.7. The average molecular weight is 280 g/mol. The van der Waals surface area contributed by atoms with Gasteiger partial charge in [-0.05, 0) is 32.9 Å². The van der Waals surface area contributed by atoms with Gasteiger partial charge in [-0.2, -0.15) is 9.28 Å². The number of hydrogen-bond donors (Lipinski definition) is 3. The Bertz CT molecular complexity index is 609. The molecule has 20 heavy (non-hydrogen) atoms. The van der Waals surface area contributed by atoms with E-state index in [1.165, 1.54) is 18.2 Å². The molecule has 0 spiro atoms. The Hall–Kier alpha value is -1.70. The van der Waals surface area contributed by atoms with E-state index < -0.39 is 29.1 Å². The zero-order chi connectivity index (χ0) is 15.3. The Labute approximate surface area is 116 Å².